The van der Waals surface area contributed by atoms with Crippen LogP contribution in [0.5, 0.6) is 5.75 Å². The van der Waals surface area contributed by atoms with Gasteiger partial charge in [0.2, 0.25) is 5.88 Å². The number of benzene rings is 3. The molecular formula is C26H23NO2. The number of hydrogen-bond acceptors (Lipinski definition) is 3. The number of nitrogens with zero attached hydrogens (tertiary/aromatic N) is 1. The normalized spacial score (nSPS) is 15.3. The Morgan fingerprint density at radius 1 is 0.828 bits per heavy atom. The van der Waals surface area contributed by atoms with Crippen molar-refractivity contribution in [1.29, 1.82) is 0 Å². The van der Waals surface area contributed by atoms with Crippen LogP contribution in [0, 0.1) is 6.92 Å². The summed E-state index contributed by atoms with van der Waals surface area (Å²) in [5.74, 6) is 1.93. The van der Waals surface area contributed by atoms with E-state index in [9.17, 15) is 0 Å². The summed E-state index contributed by atoms with van der Waals surface area (Å²) in [6, 6.07) is 21.6. The van der Waals surface area contributed by atoms with Crippen LogP contribution < -0.4 is 9.64 Å². The number of fused-ring (bicyclic) bond motifs is 5. The second-order valence-electron chi connectivity index (χ2n) is 8.07. The summed E-state index contributed by atoms with van der Waals surface area (Å²) < 4.78 is 12.7. The van der Waals surface area contributed by atoms with Crippen LogP contribution in [0.1, 0.15) is 28.7 Å². The van der Waals surface area contributed by atoms with Crippen LogP contribution in [0.2, 0.25) is 0 Å². The van der Waals surface area contributed by atoms with Crippen molar-refractivity contribution in [2.75, 3.05) is 11.5 Å². The molecule has 29 heavy (non-hydrogen) atoms. The minimum absolute atomic E-state index is 0.770. The molecule has 0 aliphatic carbocycles. The Balaban J connectivity index is 1.66. The van der Waals surface area contributed by atoms with Crippen molar-refractivity contribution in [2.45, 2.75) is 32.6 Å². The van der Waals surface area contributed by atoms with E-state index in [4.69, 9.17) is 9.15 Å². The molecule has 0 radical (unpaired) electrons. The Labute approximate surface area is 170 Å². The van der Waals surface area contributed by atoms with Crippen molar-refractivity contribution >= 4 is 28.2 Å². The SMILES string of the molecule is Cc1ccc2oc3c(c2c1)CCc1ccccc1N3c1cccc2c1OCCC2. The summed E-state index contributed by atoms with van der Waals surface area (Å²) in [5, 5.41) is 1.23. The molecule has 2 aliphatic heterocycles. The Bertz CT molecular complexity index is 1240. The first-order valence-corrected chi connectivity index (χ1v) is 10.4. The molecule has 3 heteroatoms. The van der Waals surface area contributed by atoms with Crippen molar-refractivity contribution < 1.29 is 9.15 Å². The minimum Gasteiger partial charge on any atom is -0.491 e. The molecule has 0 unspecified atom stereocenters. The fourth-order valence-electron chi connectivity index (χ4n) is 4.77. The van der Waals surface area contributed by atoms with Crippen LogP contribution in [-0.2, 0) is 19.3 Å². The van der Waals surface area contributed by atoms with Crippen molar-refractivity contribution in [2.24, 2.45) is 0 Å². The molecule has 0 bridgehead atoms. The first-order valence-electron chi connectivity index (χ1n) is 10.4. The van der Waals surface area contributed by atoms with E-state index in [1.54, 1.807) is 0 Å². The van der Waals surface area contributed by atoms with Crippen molar-refractivity contribution in [3.05, 3.63) is 82.9 Å². The molecular weight excluding hydrogens is 358 g/mol. The van der Waals surface area contributed by atoms with Crippen LogP contribution in [0.3, 0.4) is 0 Å². The fraction of sp³-hybridized carbons (Fsp3) is 0.231. The molecule has 4 aromatic rings. The Kier molecular flexibility index (Phi) is 3.70. The third-order valence-corrected chi connectivity index (χ3v) is 6.16. The van der Waals surface area contributed by atoms with E-state index < -0.39 is 0 Å². The number of para-hydroxylation sites is 2. The molecule has 0 saturated carbocycles. The second kappa shape index (κ2) is 6.41. The topological polar surface area (TPSA) is 25.6 Å². The molecule has 3 heterocycles. The summed E-state index contributed by atoms with van der Waals surface area (Å²) in [7, 11) is 0. The maximum atomic E-state index is 6.51. The standard InChI is InChI=1S/C26H23NO2/c1-17-11-14-24-21(16-17)20-13-12-18-6-2-3-9-22(18)27(26(20)29-24)23-10-4-7-19-8-5-15-28-25(19)23/h2-4,6-7,9-11,14,16H,5,8,12-13,15H2,1H3. The lowest BCUT2D eigenvalue weighted by molar-refractivity contribution is 0.289. The average molecular weight is 381 g/mol. The number of aryl methyl sites for hydroxylation is 4. The molecule has 0 fully saturated rings. The number of furan rings is 1. The predicted octanol–water partition coefficient (Wildman–Crippen LogP) is 6.63. The van der Waals surface area contributed by atoms with Crippen molar-refractivity contribution in [3.8, 4) is 5.75 Å². The molecule has 3 aromatic carbocycles. The lowest BCUT2D eigenvalue weighted by Gasteiger charge is -2.28. The number of ether oxygens (including phenoxy) is 1. The van der Waals surface area contributed by atoms with Gasteiger partial charge in [-0.05, 0) is 68.0 Å². The zero-order chi connectivity index (χ0) is 19.4. The first kappa shape index (κ1) is 16.7. The van der Waals surface area contributed by atoms with Crippen LogP contribution in [0.15, 0.2) is 65.1 Å². The quantitative estimate of drug-likeness (QED) is 0.370. The zero-order valence-corrected chi connectivity index (χ0v) is 16.6. The van der Waals surface area contributed by atoms with Gasteiger partial charge in [0, 0.05) is 10.9 Å². The Morgan fingerprint density at radius 3 is 2.66 bits per heavy atom. The van der Waals surface area contributed by atoms with Crippen LogP contribution in [-0.4, -0.2) is 6.61 Å². The van der Waals surface area contributed by atoms with E-state index >= 15 is 0 Å². The van der Waals surface area contributed by atoms with Gasteiger partial charge in [-0.2, -0.15) is 0 Å². The third-order valence-electron chi connectivity index (χ3n) is 6.16. The van der Waals surface area contributed by atoms with E-state index in [-0.39, 0.29) is 0 Å². The zero-order valence-electron chi connectivity index (χ0n) is 16.6. The van der Waals surface area contributed by atoms with Crippen LogP contribution in [0.4, 0.5) is 17.3 Å². The third kappa shape index (κ3) is 2.57. The Morgan fingerprint density at radius 2 is 1.69 bits per heavy atom. The van der Waals surface area contributed by atoms with Gasteiger partial charge in [0.1, 0.15) is 11.3 Å². The molecule has 144 valence electrons. The van der Waals surface area contributed by atoms with Crippen molar-refractivity contribution in [3.63, 3.8) is 0 Å². The molecule has 3 nitrogen and oxygen atoms in total. The maximum absolute atomic E-state index is 6.51. The monoisotopic (exact) mass is 381 g/mol. The maximum Gasteiger partial charge on any atom is 0.209 e. The lowest BCUT2D eigenvalue weighted by atomic mass is 10.0. The summed E-state index contributed by atoms with van der Waals surface area (Å²) in [6.45, 7) is 2.91. The van der Waals surface area contributed by atoms with E-state index in [1.165, 1.54) is 33.3 Å². The summed E-state index contributed by atoms with van der Waals surface area (Å²) in [4.78, 5) is 2.29. The highest BCUT2D eigenvalue weighted by molar-refractivity contribution is 5.92. The summed E-state index contributed by atoms with van der Waals surface area (Å²) in [5.41, 5.74) is 8.38. The summed E-state index contributed by atoms with van der Waals surface area (Å²) in [6.07, 6.45) is 4.10. The van der Waals surface area contributed by atoms with Crippen LogP contribution >= 0.6 is 0 Å². The molecule has 2 aliphatic rings. The van der Waals surface area contributed by atoms with Gasteiger partial charge in [-0.25, -0.2) is 0 Å². The number of rotatable bonds is 1. The molecule has 0 saturated heterocycles. The van der Waals surface area contributed by atoms with Crippen molar-refractivity contribution in [1.82, 2.24) is 0 Å². The molecule has 0 N–H and O–H groups in total. The molecule has 0 amide bonds. The number of hydrogen-bond donors (Lipinski definition) is 0. The highest BCUT2D eigenvalue weighted by Gasteiger charge is 2.30. The largest absolute Gasteiger partial charge is 0.491 e. The molecule has 6 rings (SSSR count). The fourth-order valence-corrected chi connectivity index (χ4v) is 4.77. The van der Waals surface area contributed by atoms with Gasteiger partial charge in [0.15, 0.2) is 0 Å². The van der Waals surface area contributed by atoms with Gasteiger partial charge in [0.25, 0.3) is 0 Å². The second-order valence-corrected chi connectivity index (χ2v) is 8.07. The molecule has 1 aromatic heterocycles. The van der Waals surface area contributed by atoms with Crippen LogP contribution in [0.25, 0.3) is 11.0 Å². The highest BCUT2D eigenvalue weighted by atomic mass is 16.5. The van der Waals surface area contributed by atoms with Gasteiger partial charge in [-0.15, -0.1) is 0 Å². The molecule has 0 atom stereocenters. The van der Waals surface area contributed by atoms with E-state index in [0.29, 0.717) is 0 Å². The van der Waals surface area contributed by atoms with Gasteiger partial charge < -0.3 is 9.15 Å². The van der Waals surface area contributed by atoms with Gasteiger partial charge >= 0.3 is 0 Å². The minimum atomic E-state index is 0.770. The van der Waals surface area contributed by atoms with E-state index in [0.717, 1.165) is 55.2 Å². The smallest absolute Gasteiger partial charge is 0.209 e. The summed E-state index contributed by atoms with van der Waals surface area (Å²) >= 11 is 0. The Hall–Kier alpha value is -3.20. The first-order chi connectivity index (χ1) is 14.3. The van der Waals surface area contributed by atoms with Gasteiger partial charge in [0.05, 0.1) is 18.0 Å². The average Bonchev–Trinajstić information content (AvgIpc) is 3.02. The predicted molar refractivity (Wildman–Crippen MR) is 117 cm³/mol. The van der Waals surface area contributed by atoms with E-state index in [1.807, 2.05) is 0 Å². The van der Waals surface area contributed by atoms with E-state index in [2.05, 4.69) is 72.5 Å². The lowest BCUT2D eigenvalue weighted by Crippen LogP contribution is -2.16. The number of anilines is 3. The van der Waals surface area contributed by atoms with Gasteiger partial charge in [-0.3, -0.25) is 4.90 Å². The molecule has 0 spiro atoms. The van der Waals surface area contributed by atoms with Gasteiger partial charge in [-0.1, -0.05) is 42.0 Å². The highest BCUT2D eigenvalue weighted by Crippen LogP contribution is 2.49.